The third-order valence-electron chi connectivity index (χ3n) is 4.21. The van der Waals surface area contributed by atoms with E-state index in [0.717, 1.165) is 29.3 Å². The highest BCUT2D eigenvalue weighted by Crippen LogP contribution is 2.39. The summed E-state index contributed by atoms with van der Waals surface area (Å²) < 4.78 is 27.9. The fourth-order valence-corrected chi connectivity index (χ4v) is 4.14. The van der Waals surface area contributed by atoms with Gasteiger partial charge in [-0.2, -0.15) is 0 Å². The van der Waals surface area contributed by atoms with Gasteiger partial charge in [0.15, 0.2) is 5.82 Å². The van der Waals surface area contributed by atoms with Gasteiger partial charge in [-0.1, -0.05) is 18.2 Å². The van der Waals surface area contributed by atoms with Gasteiger partial charge in [0.05, 0.1) is 29.2 Å². The average molecular weight is 331 g/mol. The maximum Gasteiger partial charge on any atom is 0.209 e. The van der Waals surface area contributed by atoms with Gasteiger partial charge in [-0.25, -0.2) is 23.1 Å². The molecule has 120 valence electrons. The van der Waals surface area contributed by atoms with Crippen LogP contribution in [0.15, 0.2) is 30.6 Å². The molecule has 0 radical (unpaired) electrons. The second-order valence-electron chi connectivity index (χ2n) is 6.24. The van der Waals surface area contributed by atoms with Crippen molar-refractivity contribution in [3.63, 3.8) is 0 Å². The predicted octanol–water partition coefficient (Wildman–Crippen LogP) is 1.25. The largest absolute Gasteiger partial charge is 0.382 e. The van der Waals surface area contributed by atoms with Crippen LogP contribution in [0.4, 0.5) is 5.82 Å². The molecule has 0 atom stereocenters. The zero-order chi connectivity index (χ0) is 16.2. The first kappa shape index (κ1) is 14.4. The van der Waals surface area contributed by atoms with Crippen LogP contribution in [0.2, 0.25) is 0 Å². The summed E-state index contributed by atoms with van der Waals surface area (Å²) in [7, 11) is -3.25. The second kappa shape index (κ2) is 4.65. The standard InChI is InChI=1S/C15H17N5O2S/c1-23(21,22)19-15(6-7-15)8-20-9-17-12-13(20)10-4-2-3-5-11(10)18-14(12)16/h2-5,9,19H,6-8H2,1H3,(H2,16,18). The summed E-state index contributed by atoms with van der Waals surface area (Å²) in [6, 6.07) is 7.74. The summed E-state index contributed by atoms with van der Waals surface area (Å²) in [6.07, 6.45) is 4.53. The summed E-state index contributed by atoms with van der Waals surface area (Å²) in [6.45, 7) is 0.532. The lowest BCUT2D eigenvalue weighted by molar-refractivity contribution is 0.492. The smallest absolute Gasteiger partial charge is 0.209 e. The summed E-state index contributed by atoms with van der Waals surface area (Å²) in [4.78, 5) is 8.75. The topological polar surface area (TPSA) is 103 Å². The minimum atomic E-state index is -3.25. The van der Waals surface area contributed by atoms with Crippen molar-refractivity contribution >= 4 is 37.8 Å². The van der Waals surface area contributed by atoms with E-state index < -0.39 is 15.6 Å². The van der Waals surface area contributed by atoms with Gasteiger partial charge in [-0.15, -0.1) is 0 Å². The van der Waals surface area contributed by atoms with Crippen molar-refractivity contribution in [2.75, 3.05) is 12.0 Å². The summed E-state index contributed by atoms with van der Waals surface area (Å²) >= 11 is 0. The number of nitrogens with two attached hydrogens (primary N) is 1. The van der Waals surface area contributed by atoms with Crippen molar-refractivity contribution < 1.29 is 8.42 Å². The van der Waals surface area contributed by atoms with Gasteiger partial charge in [0.2, 0.25) is 10.0 Å². The summed E-state index contributed by atoms with van der Waals surface area (Å²) in [5.74, 6) is 0.387. The number of benzene rings is 1. The Morgan fingerprint density at radius 3 is 2.78 bits per heavy atom. The molecule has 7 nitrogen and oxygen atoms in total. The van der Waals surface area contributed by atoms with Crippen LogP contribution in [-0.2, 0) is 16.6 Å². The molecule has 1 aliphatic carbocycles. The second-order valence-corrected chi connectivity index (χ2v) is 7.99. The van der Waals surface area contributed by atoms with Gasteiger partial charge in [-0.3, -0.25) is 0 Å². The Morgan fingerprint density at radius 1 is 1.35 bits per heavy atom. The molecule has 23 heavy (non-hydrogen) atoms. The number of anilines is 1. The van der Waals surface area contributed by atoms with E-state index in [1.165, 1.54) is 6.26 Å². The zero-order valence-corrected chi connectivity index (χ0v) is 13.5. The molecular weight excluding hydrogens is 314 g/mol. The Bertz CT molecular complexity index is 1020. The fraction of sp³-hybridized carbons (Fsp3) is 0.333. The number of rotatable bonds is 4. The Kier molecular flexibility index (Phi) is 2.91. The molecule has 0 bridgehead atoms. The van der Waals surface area contributed by atoms with Crippen molar-refractivity contribution in [2.24, 2.45) is 0 Å². The highest BCUT2D eigenvalue weighted by atomic mass is 32.2. The SMILES string of the molecule is CS(=O)(=O)NC1(Cn2cnc3c(N)nc4ccccc4c32)CC1. The van der Waals surface area contributed by atoms with Crippen LogP contribution in [0.3, 0.4) is 0 Å². The normalized spacial score (nSPS) is 16.9. The van der Waals surface area contributed by atoms with Crippen LogP contribution in [0.1, 0.15) is 12.8 Å². The Balaban J connectivity index is 1.85. The molecule has 8 heteroatoms. The number of hydrogen-bond acceptors (Lipinski definition) is 5. The van der Waals surface area contributed by atoms with Gasteiger partial charge in [0.1, 0.15) is 5.52 Å². The summed E-state index contributed by atoms with van der Waals surface area (Å²) in [5.41, 5.74) is 7.96. The number of aromatic nitrogens is 3. The number of pyridine rings is 1. The number of nitrogens with one attached hydrogen (secondary N) is 1. The molecule has 2 aromatic heterocycles. The molecule has 3 aromatic rings. The van der Waals surface area contributed by atoms with E-state index in [1.807, 2.05) is 28.8 Å². The number of nitrogens with zero attached hydrogens (tertiary/aromatic N) is 3. The minimum absolute atomic E-state index is 0.387. The molecule has 1 aliphatic rings. The summed E-state index contributed by atoms with van der Waals surface area (Å²) in [5, 5.41) is 0.962. The first-order valence-corrected chi connectivity index (χ1v) is 9.24. The van der Waals surface area contributed by atoms with E-state index in [1.54, 1.807) is 6.33 Å². The maximum atomic E-state index is 11.6. The highest BCUT2D eigenvalue weighted by Gasteiger charge is 2.45. The van der Waals surface area contributed by atoms with E-state index in [4.69, 9.17) is 5.73 Å². The molecule has 3 N–H and O–H groups in total. The molecule has 0 spiro atoms. The molecule has 1 fully saturated rings. The average Bonchev–Trinajstić information content (AvgIpc) is 3.06. The van der Waals surface area contributed by atoms with Crippen LogP contribution < -0.4 is 10.5 Å². The number of nitrogen functional groups attached to an aromatic ring is 1. The molecule has 1 saturated carbocycles. The molecule has 1 aromatic carbocycles. The Labute approximate surface area is 133 Å². The third-order valence-corrected chi connectivity index (χ3v) is 5.01. The molecule has 4 rings (SSSR count). The molecule has 0 saturated heterocycles. The first-order valence-electron chi connectivity index (χ1n) is 7.35. The van der Waals surface area contributed by atoms with Crippen molar-refractivity contribution in [3.8, 4) is 0 Å². The van der Waals surface area contributed by atoms with E-state index in [0.29, 0.717) is 17.9 Å². The fourth-order valence-electron chi connectivity index (χ4n) is 3.09. The highest BCUT2D eigenvalue weighted by molar-refractivity contribution is 7.88. The van der Waals surface area contributed by atoms with E-state index in [2.05, 4.69) is 14.7 Å². The maximum absolute atomic E-state index is 11.6. The molecule has 0 amide bonds. The minimum Gasteiger partial charge on any atom is -0.382 e. The predicted molar refractivity (Wildman–Crippen MR) is 89.4 cm³/mol. The molecule has 2 heterocycles. The van der Waals surface area contributed by atoms with Crippen LogP contribution in [0.5, 0.6) is 0 Å². The van der Waals surface area contributed by atoms with Crippen molar-refractivity contribution in [2.45, 2.75) is 24.9 Å². The number of hydrogen-bond donors (Lipinski definition) is 2. The molecule has 0 aliphatic heterocycles. The molecule has 0 unspecified atom stereocenters. The van der Waals surface area contributed by atoms with Crippen molar-refractivity contribution in [1.29, 1.82) is 0 Å². The van der Waals surface area contributed by atoms with Crippen LogP contribution in [0.25, 0.3) is 21.9 Å². The monoisotopic (exact) mass is 331 g/mol. The lowest BCUT2D eigenvalue weighted by Gasteiger charge is -2.17. The van der Waals surface area contributed by atoms with Crippen LogP contribution in [-0.4, -0.2) is 34.7 Å². The van der Waals surface area contributed by atoms with Gasteiger partial charge < -0.3 is 10.3 Å². The number of imidazole rings is 1. The van der Waals surface area contributed by atoms with E-state index in [-0.39, 0.29) is 0 Å². The molecular formula is C15H17N5O2S. The zero-order valence-electron chi connectivity index (χ0n) is 12.7. The van der Waals surface area contributed by atoms with Crippen molar-refractivity contribution in [1.82, 2.24) is 19.3 Å². The number of sulfonamides is 1. The lowest BCUT2D eigenvalue weighted by atomic mass is 10.2. The van der Waals surface area contributed by atoms with Crippen LogP contribution in [0, 0.1) is 0 Å². The van der Waals surface area contributed by atoms with E-state index >= 15 is 0 Å². The van der Waals surface area contributed by atoms with Gasteiger partial charge >= 0.3 is 0 Å². The van der Waals surface area contributed by atoms with Gasteiger partial charge in [-0.05, 0) is 18.9 Å². The third kappa shape index (κ3) is 2.53. The lowest BCUT2D eigenvalue weighted by Crippen LogP contribution is -2.39. The Morgan fingerprint density at radius 2 is 2.09 bits per heavy atom. The van der Waals surface area contributed by atoms with Gasteiger partial charge in [0, 0.05) is 11.9 Å². The van der Waals surface area contributed by atoms with Gasteiger partial charge in [0.25, 0.3) is 0 Å². The number of fused-ring (bicyclic) bond motifs is 3. The van der Waals surface area contributed by atoms with Crippen LogP contribution >= 0.6 is 0 Å². The van der Waals surface area contributed by atoms with Crippen molar-refractivity contribution in [3.05, 3.63) is 30.6 Å². The first-order chi connectivity index (χ1) is 10.9. The quantitative estimate of drug-likeness (QED) is 0.749. The number of para-hydroxylation sites is 1. The Hall–Kier alpha value is -2.19. The van der Waals surface area contributed by atoms with E-state index in [9.17, 15) is 8.42 Å².